The standard InChI is InChI=1S/C30H31N7O2/c1-17-12-23(18(2)33-24-7-5-4-6-22(24)30(38)39)28-25(13-17)34-26(16-31)29(35-28)37-20-8-9-21(37)15-19(14-20)27-10-11-32-36(27)3/h4-7,10-13,18-21,33H,8-9,14-15H2,1-3H3,(H,38,39). The van der Waals surface area contributed by atoms with E-state index in [1.165, 1.54) is 5.69 Å². The molecule has 2 saturated heterocycles. The van der Waals surface area contributed by atoms with Gasteiger partial charge in [0.15, 0.2) is 11.5 Å². The number of aryl methyl sites for hydroxylation is 2. The molecule has 3 atom stereocenters. The fraction of sp³-hybridized carbons (Fsp3) is 0.367. The third-order valence-electron chi connectivity index (χ3n) is 8.28. The van der Waals surface area contributed by atoms with Gasteiger partial charge >= 0.3 is 5.97 Å². The fourth-order valence-corrected chi connectivity index (χ4v) is 6.56. The molecule has 3 unspecified atom stereocenters. The number of hydrogen-bond donors (Lipinski definition) is 2. The molecule has 0 aliphatic carbocycles. The van der Waals surface area contributed by atoms with Crippen molar-refractivity contribution in [2.75, 3.05) is 10.2 Å². The largest absolute Gasteiger partial charge is 0.478 e. The maximum atomic E-state index is 11.8. The molecule has 9 nitrogen and oxygen atoms in total. The highest BCUT2D eigenvalue weighted by molar-refractivity contribution is 5.94. The quantitative estimate of drug-likeness (QED) is 0.349. The Morgan fingerprint density at radius 1 is 1.15 bits per heavy atom. The average molecular weight is 522 g/mol. The van der Waals surface area contributed by atoms with E-state index in [-0.39, 0.29) is 23.7 Å². The number of carboxylic acid groups (broad SMARTS) is 1. The Balaban J connectivity index is 1.39. The van der Waals surface area contributed by atoms with E-state index in [1.807, 2.05) is 43.9 Å². The van der Waals surface area contributed by atoms with Crippen LogP contribution in [0.3, 0.4) is 0 Å². The van der Waals surface area contributed by atoms with Crippen molar-refractivity contribution in [2.24, 2.45) is 7.05 Å². The molecule has 0 radical (unpaired) electrons. The van der Waals surface area contributed by atoms with Gasteiger partial charge in [-0.25, -0.2) is 14.8 Å². The molecule has 2 aromatic carbocycles. The summed E-state index contributed by atoms with van der Waals surface area (Å²) in [6.45, 7) is 3.99. The first-order chi connectivity index (χ1) is 18.8. The Bertz CT molecular complexity index is 1610. The van der Waals surface area contributed by atoms with Gasteiger partial charge in [0.05, 0.1) is 22.6 Å². The molecule has 2 aliphatic heterocycles. The first kappa shape index (κ1) is 24.9. The van der Waals surface area contributed by atoms with Gasteiger partial charge < -0.3 is 15.3 Å². The van der Waals surface area contributed by atoms with Crippen LogP contribution in [-0.4, -0.2) is 42.9 Å². The number of rotatable bonds is 6. The molecule has 39 heavy (non-hydrogen) atoms. The Hall–Kier alpha value is -4.45. The normalized spacial score (nSPS) is 21.1. The van der Waals surface area contributed by atoms with Crippen LogP contribution in [0.4, 0.5) is 11.5 Å². The van der Waals surface area contributed by atoms with E-state index in [0.717, 1.165) is 42.3 Å². The number of carbonyl (C=O) groups is 1. The van der Waals surface area contributed by atoms with Gasteiger partial charge in [0.25, 0.3) is 0 Å². The molecule has 9 heteroatoms. The zero-order chi connectivity index (χ0) is 27.3. The van der Waals surface area contributed by atoms with Crippen molar-refractivity contribution < 1.29 is 9.90 Å². The summed E-state index contributed by atoms with van der Waals surface area (Å²) in [6, 6.07) is 15.7. The molecule has 6 rings (SSSR count). The zero-order valence-electron chi connectivity index (χ0n) is 22.3. The Labute approximate surface area is 227 Å². The molecule has 4 heterocycles. The van der Waals surface area contributed by atoms with Gasteiger partial charge in [0, 0.05) is 48.2 Å². The van der Waals surface area contributed by atoms with Crippen LogP contribution in [-0.2, 0) is 7.05 Å². The molecule has 4 aromatic rings. The lowest BCUT2D eigenvalue weighted by Crippen LogP contribution is -2.43. The van der Waals surface area contributed by atoms with E-state index in [1.54, 1.807) is 18.2 Å². The fourth-order valence-electron chi connectivity index (χ4n) is 6.56. The molecule has 2 bridgehead atoms. The number of hydrogen-bond acceptors (Lipinski definition) is 7. The lowest BCUT2D eigenvalue weighted by Gasteiger charge is -2.40. The predicted octanol–water partition coefficient (Wildman–Crippen LogP) is 5.33. The summed E-state index contributed by atoms with van der Waals surface area (Å²) in [4.78, 5) is 24.1. The van der Waals surface area contributed by atoms with Gasteiger partial charge in [-0.1, -0.05) is 18.2 Å². The van der Waals surface area contributed by atoms with Crippen LogP contribution in [0.2, 0.25) is 0 Å². The summed E-state index contributed by atoms with van der Waals surface area (Å²) in [5, 5.41) is 27.5. The number of fused-ring (bicyclic) bond motifs is 3. The molecular weight excluding hydrogens is 490 g/mol. The second-order valence-corrected chi connectivity index (χ2v) is 10.8. The van der Waals surface area contributed by atoms with Crippen molar-refractivity contribution in [3.8, 4) is 6.07 Å². The maximum absolute atomic E-state index is 11.8. The van der Waals surface area contributed by atoms with Crippen LogP contribution in [0.15, 0.2) is 48.7 Å². The summed E-state index contributed by atoms with van der Waals surface area (Å²) in [7, 11) is 2.00. The van der Waals surface area contributed by atoms with Gasteiger partial charge in [-0.2, -0.15) is 10.4 Å². The van der Waals surface area contributed by atoms with Crippen molar-refractivity contribution in [1.29, 1.82) is 5.26 Å². The summed E-state index contributed by atoms with van der Waals surface area (Å²) in [5.41, 5.74) is 5.69. The lowest BCUT2D eigenvalue weighted by atomic mass is 9.88. The van der Waals surface area contributed by atoms with E-state index < -0.39 is 5.97 Å². The number of para-hydroxylation sites is 1. The number of nitriles is 1. The molecule has 2 aromatic heterocycles. The first-order valence-electron chi connectivity index (χ1n) is 13.4. The molecule has 2 N–H and O–H groups in total. The van der Waals surface area contributed by atoms with Crippen LogP contribution in [0, 0.1) is 18.3 Å². The minimum Gasteiger partial charge on any atom is -0.478 e. The Morgan fingerprint density at radius 2 is 1.90 bits per heavy atom. The van der Waals surface area contributed by atoms with Crippen LogP contribution >= 0.6 is 0 Å². The second kappa shape index (κ2) is 9.70. The van der Waals surface area contributed by atoms with Crippen LogP contribution in [0.5, 0.6) is 0 Å². The summed E-state index contributed by atoms with van der Waals surface area (Å²) >= 11 is 0. The van der Waals surface area contributed by atoms with Gasteiger partial charge in [0.2, 0.25) is 0 Å². The highest BCUT2D eigenvalue weighted by Crippen LogP contribution is 2.45. The third kappa shape index (κ3) is 4.36. The summed E-state index contributed by atoms with van der Waals surface area (Å²) in [6.07, 6.45) is 5.97. The number of piperidine rings is 1. The number of nitrogens with one attached hydrogen (secondary N) is 1. The van der Waals surface area contributed by atoms with E-state index in [0.29, 0.717) is 28.6 Å². The van der Waals surface area contributed by atoms with Gasteiger partial charge in [0.1, 0.15) is 6.07 Å². The first-order valence-corrected chi connectivity index (χ1v) is 13.4. The molecule has 2 fully saturated rings. The molecule has 0 saturated carbocycles. The topological polar surface area (TPSA) is 120 Å². The van der Waals surface area contributed by atoms with E-state index >= 15 is 0 Å². The van der Waals surface area contributed by atoms with Crippen molar-refractivity contribution in [3.63, 3.8) is 0 Å². The van der Waals surface area contributed by atoms with Crippen molar-refractivity contribution in [1.82, 2.24) is 19.7 Å². The van der Waals surface area contributed by atoms with Crippen LogP contribution in [0.25, 0.3) is 11.0 Å². The second-order valence-electron chi connectivity index (χ2n) is 10.8. The Morgan fingerprint density at radius 3 is 2.56 bits per heavy atom. The lowest BCUT2D eigenvalue weighted by molar-refractivity contribution is 0.0698. The van der Waals surface area contributed by atoms with Crippen molar-refractivity contribution >= 4 is 28.5 Å². The summed E-state index contributed by atoms with van der Waals surface area (Å²) < 4.78 is 1.97. The van der Waals surface area contributed by atoms with E-state index in [4.69, 9.17) is 9.97 Å². The predicted molar refractivity (Wildman–Crippen MR) is 149 cm³/mol. The van der Waals surface area contributed by atoms with E-state index in [2.05, 4.69) is 33.5 Å². The average Bonchev–Trinajstić information content (AvgIpc) is 3.46. The monoisotopic (exact) mass is 521 g/mol. The number of aromatic nitrogens is 4. The third-order valence-corrected chi connectivity index (χ3v) is 8.28. The Kier molecular flexibility index (Phi) is 6.18. The van der Waals surface area contributed by atoms with Crippen LogP contribution < -0.4 is 10.2 Å². The molecule has 0 spiro atoms. The van der Waals surface area contributed by atoms with Crippen molar-refractivity contribution in [2.45, 2.75) is 63.6 Å². The number of benzene rings is 2. The number of anilines is 2. The minimum absolute atomic E-state index is 0.215. The zero-order valence-corrected chi connectivity index (χ0v) is 22.3. The molecule has 0 amide bonds. The SMILES string of the molecule is Cc1cc(C(C)Nc2ccccc2C(=O)O)c2nc(N3C4CCC3CC(c3ccnn3C)C4)c(C#N)nc2c1. The molecular formula is C30H31N7O2. The van der Waals surface area contributed by atoms with Crippen molar-refractivity contribution in [3.05, 3.63) is 76.7 Å². The number of carboxylic acids is 1. The highest BCUT2D eigenvalue weighted by Gasteiger charge is 2.43. The minimum atomic E-state index is -0.981. The summed E-state index contributed by atoms with van der Waals surface area (Å²) in [5.74, 6) is 0.108. The highest BCUT2D eigenvalue weighted by atomic mass is 16.4. The molecule has 198 valence electrons. The van der Waals surface area contributed by atoms with E-state index in [9.17, 15) is 15.2 Å². The van der Waals surface area contributed by atoms with Gasteiger partial charge in [-0.15, -0.1) is 0 Å². The maximum Gasteiger partial charge on any atom is 0.337 e. The number of nitrogens with zero attached hydrogens (tertiary/aromatic N) is 6. The molecule has 2 aliphatic rings. The van der Waals surface area contributed by atoms with Gasteiger partial charge in [-0.05, 0) is 69.4 Å². The number of aromatic carboxylic acids is 1. The van der Waals surface area contributed by atoms with Gasteiger partial charge in [-0.3, -0.25) is 4.68 Å². The van der Waals surface area contributed by atoms with Crippen LogP contribution in [0.1, 0.15) is 77.4 Å². The smallest absolute Gasteiger partial charge is 0.337 e.